The maximum absolute atomic E-state index is 11.9. The zero-order valence-electron chi connectivity index (χ0n) is 11.0. The Morgan fingerprint density at radius 1 is 1.11 bits per heavy atom. The fourth-order valence-electron chi connectivity index (χ4n) is 1.45. The van der Waals surface area contributed by atoms with Gasteiger partial charge in [-0.05, 0) is 13.3 Å². The van der Waals surface area contributed by atoms with Crippen molar-refractivity contribution in [2.75, 3.05) is 6.54 Å². The highest BCUT2D eigenvalue weighted by atomic mass is 16.4. The lowest BCUT2D eigenvalue weighted by atomic mass is 10.1. The lowest BCUT2D eigenvalue weighted by Gasteiger charge is -2.28. The lowest BCUT2D eigenvalue weighted by molar-refractivity contribution is -0.152. The molecule has 0 aromatic rings. The third-order valence-electron chi connectivity index (χ3n) is 2.78. The molecule has 0 aromatic carbocycles. The molecule has 0 spiro atoms. The Balaban J connectivity index is 4.76. The molecule has 2 N–H and O–H groups in total. The Labute approximate surface area is 107 Å². The van der Waals surface area contributed by atoms with Gasteiger partial charge in [0.05, 0.1) is 5.92 Å². The van der Waals surface area contributed by atoms with E-state index in [0.29, 0.717) is 6.42 Å². The Kier molecular flexibility index (Phi) is 7.00. The van der Waals surface area contributed by atoms with Crippen LogP contribution in [0, 0.1) is 5.92 Å². The van der Waals surface area contributed by atoms with Gasteiger partial charge in [0.1, 0.15) is 6.04 Å². The van der Waals surface area contributed by atoms with E-state index >= 15 is 0 Å². The van der Waals surface area contributed by atoms with E-state index in [1.807, 2.05) is 6.92 Å². The molecule has 0 saturated carbocycles. The first kappa shape index (κ1) is 16.4. The normalized spacial score (nSPS) is 13.7. The maximum atomic E-state index is 11.9. The smallest absolute Gasteiger partial charge is 0.326 e. The highest BCUT2D eigenvalue weighted by Gasteiger charge is 2.28. The summed E-state index contributed by atoms with van der Waals surface area (Å²) in [6, 6.07) is -1.00. The van der Waals surface area contributed by atoms with E-state index in [2.05, 4.69) is 0 Å². The molecular formula is C12H21NO5. The molecule has 18 heavy (non-hydrogen) atoms. The van der Waals surface area contributed by atoms with Gasteiger partial charge in [0.25, 0.3) is 0 Å². The van der Waals surface area contributed by atoms with Crippen molar-refractivity contribution in [3.8, 4) is 0 Å². The molecule has 2 atom stereocenters. The molecule has 2 unspecified atom stereocenters. The fourth-order valence-corrected chi connectivity index (χ4v) is 1.45. The number of carbonyl (C=O) groups is 3. The quantitative estimate of drug-likeness (QED) is 0.683. The molecule has 0 fully saturated rings. The van der Waals surface area contributed by atoms with Gasteiger partial charge in [0.15, 0.2) is 0 Å². The van der Waals surface area contributed by atoms with Gasteiger partial charge in [-0.3, -0.25) is 9.59 Å². The van der Waals surface area contributed by atoms with Crippen LogP contribution in [0.5, 0.6) is 0 Å². The second-order valence-electron chi connectivity index (χ2n) is 4.40. The van der Waals surface area contributed by atoms with E-state index in [-0.39, 0.29) is 18.9 Å². The second kappa shape index (κ2) is 7.68. The molecule has 6 heteroatoms. The number of nitrogens with zero attached hydrogens (tertiary/aromatic N) is 1. The van der Waals surface area contributed by atoms with Gasteiger partial charge in [-0.25, -0.2) is 4.79 Å². The van der Waals surface area contributed by atoms with Crippen molar-refractivity contribution >= 4 is 17.8 Å². The number of hydrogen-bond donors (Lipinski definition) is 2. The van der Waals surface area contributed by atoms with Crippen LogP contribution in [-0.4, -0.2) is 45.5 Å². The number of carbonyl (C=O) groups excluding carboxylic acids is 1. The van der Waals surface area contributed by atoms with Gasteiger partial charge in [0.2, 0.25) is 5.91 Å². The average molecular weight is 259 g/mol. The molecule has 0 aliphatic carbocycles. The van der Waals surface area contributed by atoms with Crippen molar-refractivity contribution in [3.05, 3.63) is 0 Å². The Bertz CT molecular complexity index is 316. The molecule has 104 valence electrons. The van der Waals surface area contributed by atoms with Gasteiger partial charge in [0, 0.05) is 13.0 Å². The summed E-state index contributed by atoms with van der Waals surface area (Å²) in [4.78, 5) is 34.7. The number of amides is 1. The zero-order chi connectivity index (χ0) is 14.3. The summed E-state index contributed by atoms with van der Waals surface area (Å²) in [5, 5.41) is 17.8. The maximum Gasteiger partial charge on any atom is 0.326 e. The molecule has 0 aliphatic rings. The molecule has 0 heterocycles. The standard InChI is InChI=1S/C12H21NO5/c1-4-5-6-10(14)13(9(3)12(17)18)7-8(2)11(15)16/h8-9H,4-7H2,1-3H3,(H,15,16)(H,17,18). The van der Waals surface area contributed by atoms with E-state index in [4.69, 9.17) is 10.2 Å². The first-order valence-corrected chi connectivity index (χ1v) is 6.06. The lowest BCUT2D eigenvalue weighted by Crippen LogP contribution is -2.46. The van der Waals surface area contributed by atoms with E-state index in [1.54, 1.807) is 0 Å². The topological polar surface area (TPSA) is 94.9 Å². The first-order valence-electron chi connectivity index (χ1n) is 6.06. The predicted octanol–water partition coefficient (Wildman–Crippen LogP) is 1.20. The number of carboxylic acid groups (broad SMARTS) is 2. The molecular weight excluding hydrogens is 238 g/mol. The minimum absolute atomic E-state index is 0.0780. The van der Waals surface area contributed by atoms with Crippen molar-refractivity contribution in [2.24, 2.45) is 5.92 Å². The molecule has 1 amide bonds. The summed E-state index contributed by atoms with van der Waals surface area (Å²) in [7, 11) is 0. The van der Waals surface area contributed by atoms with E-state index in [1.165, 1.54) is 13.8 Å². The van der Waals surface area contributed by atoms with Gasteiger partial charge < -0.3 is 15.1 Å². The average Bonchev–Trinajstić information content (AvgIpc) is 2.31. The van der Waals surface area contributed by atoms with Crippen molar-refractivity contribution in [1.82, 2.24) is 4.90 Å². The summed E-state index contributed by atoms with van der Waals surface area (Å²) >= 11 is 0. The molecule has 0 radical (unpaired) electrons. The van der Waals surface area contributed by atoms with Crippen LogP contribution in [0.3, 0.4) is 0 Å². The molecule has 0 aromatic heterocycles. The third-order valence-corrected chi connectivity index (χ3v) is 2.78. The van der Waals surface area contributed by atoms with Crippen LogP contribution in [0.4, 0.5) is 0 Å². The van der Waals surface area contributed by atoms with Gasteiger partial charge in [-0.1, -0.05) is 20.3 Å². The van der Waals surface area contributed by atoms with Crippen LogP contribution in [-0.2, 0) is 14.4 Å². The molecule has 0 aliphatic heterocycles. The zero-order valence-corrected chi connectivity index (χ0v) is 11.0. The second-order valence-corrected chi connectivity index (χ2v) is 4.40. The SMILES string of the molecule is CCCCC(=O)N(CC(C)C(=O)O)C(C)C(=O)O. The van der Waals surface area contributed by atoms with E-state index in [9.17, 15) is 14.4 Å². The highest BCUT2D eigenvalue weighted by molar-refractivity contribution is 5.84. The summed E-state index contributed by atoms with van der Waals surface area (Å²) in [6.07, 6.45) is 1.75. The Hall–Kier alpha value is -1.59. The molecule has 0 bridgehead atoms. The summed E-state index contributed by atoms with van der Waals surface area (Å²) in [6.45, 7) is 4.70. The van der Waals surface area contributed by atoms with Crippen LogP contribution in [0.2, 0.25) is 0 Å². The van der Waals surface area contributed by atoms with Crippen LogP contribution in [0.15, 0.2) is 0 Å². The number of unbranched alkanes of at least 4 members (excludes halogenated alkanes) is 1. The van der Waals surface area contributed by atoms with Crippen LogP contribution in [0.1, 0.15) is 40.0 Å². The van der Waals surface area contributed by atoms with E-state index in [0.717, 1.165) is 11.3 Å². The van der Waals surface area contributed by atoms with Crippen LogP contribution >= 0.6 is 0 Å². The minimum atomic E-state index is -1.13. The summed E-state index contributed by atoms with van der Waals surface area (Å²) in [5.41, 5.74) is 0. The number of carboxylic acids is 2. The van der Waals surface area contributed by atoms with Gasteiger partial charge in [-0.2, -0.15) is 0 Å². The van der Waals surface area contributed by atoms with Gasteiger partial charge >= 0.3 is 11.9 Å². The Morgan fingerprint density at radius 2 is 1.67 bits per heavy atom. The highest BCUT2D eigenvalue weighted by Crippen LogP contribution is 2.10. The van der Waals surface area contributed by atoms with Crippen molar-refractivity contribution in [1.29, 1.82) is 0 Å². The van der Waals surface area contributed by atoms with Crippen LogP contribution < -0.4 is 0 Å². The van der Waals surface area contributed by atoms with Crippen molar-refractivity contribution < 1.29 is 24.6 Å². The molecule has 0 saturated heterocycles. The van der Waals surface area contributed by atoms with E-state index < -0.39 is 23.9 Å². The van der Waals surface area contributed by atoms with Crippen LogP contribution in [0.25, 0.3) is 0 Å². The summed E-state index contributed by atoms with van der Waals surface area (Å²) < 4.78 is 0. The minimum Gasteiger partial charge on any atom is -0.481 e. The van der Waals surface area contributed by atoms with Crippen molar-refractivity contribution in [2.45, 2.75) is 46.1 Å². The summed E-state index contributed by atoms with van der Waals surface area (Å²) in [5.74, 6) is -3.25. The van der Waals surface area contributed by atoms with Gasteiger partial charge in [-0.15, -0.1) is 0 Å². The Morgan fingerprint density at radius 3 is 2.06 bits per heavy atom. The third kappa shape index (κ3) is 5.16. The predicted molar refractivity (Wildman–Crippen MR) is 65.1 cm³/mol. The fraction of sp³-hybridized carbons (Fsp3) is 0.750. The largest absolute Gasteiger partial charge is 0.481 e. The van der Waals surface area contributed by atoms with Crippen molar-refractivity contribution in [3.63, 3.8) is 0 Å². The monoisotopic (exact) mass is 259 g/mol. The first-order chi connectivity index (χ1) is 8.31. The molecule has 6 nitrogen and oxygen atoms in total. The molecule has 0 rings (SSSR count). The number of rotatable bonds is 8. The number of hydrogen-bond acceptors (Lipinski definition) is 3. The number of aliphatic carboxylic acids is 2.